The Bertz CT molecular complexity index is 574. The third kappa shape index (κ3) is 6.33. The molecule has 0 radical (unpaired) electrons. The molecule has 1 amide bonds. The van der Waals surface area contributed by atoms with E-state index >= 15 is 0 Å². The molecule has 0 fully saturated rings. The number of hydrogen-bond donors (Lipinski definition) is 2. The second-order valence-electron chi connectivity index (χ2n) is 5.51. The molecule has 23 heavy (non-hydrogen) atoms. The maximum Gasteiger partial charge on any atom is 0.323 e. The van der Waals surface area contributed by atoms with Gasteiger partial charge in [-0.05, 0) is 12.0 Å². The molecule has 1 rings (SSSR count). The number of nitro benzene ring substituents is 1. The summed E-state index contributed by atoms with van der Waals surface area (Å²) in [7, 11) is 0. The molecular formula is C15H21N3O5. The van der Waals surface area contributed by atoms with E-state index in [1.54, 1.807) is 18.2 Å². The van der Waals surface area contributed by atoms with Crippen LogP contribution in [0.1, 0.15) is 20.3 Å². The van der Waals surface area contributed by atoms with E-state index in [-0.39, 0.29) is 37.0 Å². The summed E-state index contributed by atoms with van der Waals surface area (Å²) in [6.45, 7) is 4.00. The summed E-state index contributed by atoms with van der Waals surface area (Å²) >= 11 is 0. The van der Waals surface area contributed by atoms with Gasteiger partial charge in [0.15, 0.2) is 0 Å². The van der Waals surface area contributed by atoms with E-state index in [4.69, 9.17) is 5.11 Å². The van der Waals surface area contributed by atoms with E-state index in [0.717, 1.165) is 0 Å². The first-order valence-corrected chi connectivity index (χ1v) is 7.28. The molecule has 0 aliphatic rings. The molecular weight excluding hydrogens is 302 g/mol. The van der Waals surface area contributed by atoms with Crippen molar-refractivity contribution < 1.29 is 19.6 Å². The van der Waals surface area contributed by atoms with Crippen LogP contribution in [-0.2, 0) is 9.59 Å². The van der Waals surface area contributed by atoms with Crippen molar-refractivity contribution in [1.29, 1.82) is 0 Å². The highest BCUT2D eigenvalue weighted by Gasteiger charge is 2.18. The summed E-state index contributed by atoms with van der Waals surface area (Å²) in [4.78, 5) is 34.6. The molecule has 0 spiro atoms. The highest BCUT2D eigenvalue weighted by atomic mass is 16.6. The van der Waals surface area contributed by atoms with E-state index in [0.29, 0.717) is 12.2 Å². The van der Waals surface area contributed by atoms with Gasteiger partial charge in [0.1, 0.15) is 12.2 Å². The number of nitrogens with zero attached hydrogens (tertiary/aromatic N) is 2. The van der Waals surface area contributed by atoms with E-state index in [1.165, 1.54) is 11.0 Å². The monoisotopic (exact) mass is 323 g/mol. The summed E-state index contributed by atoms with van der Waals surface area (Å²) in [5.74, 6) is -1.21. The van der Waals surface area contributed by atoms with Crippen LogP contribution in [0.5, 0.6) is 0 Å². The average Bonchev–Trinajstić information content (AvgIpc) is 2.45. The Kier molecular flexibility index (Phi) is 6.98. The lowest BCUT2D eigenvalue weighted by Crippen LogP contribution is -2.38. The number of benzene rings is 1. The molecule has 1 aromatic rings. The second kappa shape index (κ2) is 8.72. The molecule has 0 saturated carbocycles. The van der Waals surface area contributed by atoms with Crippen LogP contribution in [0.4, 0.5) is 11.4 Å². The van der Waals surface area contributed by atoms with Gasteiger partial charge < -0.3 is 15.3 Å². The Morgan fingerprint density at radius 3 is 2.57 bits per heavy atom. The Morgan fingerprint density at radius 1 is 1.35 bits per heavy atom. The number of carbonyl (C=O) groups excluding carboxylic acids is 1. The summed E-state index contributed by atoms with van der Waals surface area (Å²) in [6.07, 6.45) is 0.0616. The fourth-order valence-electron chi connectivity index (χ4n) is 2.10. The van der Waals surface area contributed by atoms with E-state index in [9.17, 15) is 19.7 Å². The minimum atomic E-state index is -1.06. The number of amides is 1. The Labute approximate surface area is 134 Å². The van der Waals surface area contributed by atoms with Gasteiger partial charge in [0.25, 0.3) is 5.69 Å². The van der Waals surface area contributed by atoms with Crippen LogP contribution in [0, 0.1) is 16.0 Å². The van der Waals surface area contributed by atoms with Gasteiger partial charge in [-0.15, -0.1) is 0 Å². The molecule has 0 aromatic heterocycles. The summed E-state index contributed by atoms with van der Waals surface area (Å²) < 4.78 is 0. The highest BCUT2D eigenvalue weighted by Crippen LogP contribution is 2.22. The van der Waals surface area contributed by atoms with Crippen molar-refractivity contribution in [2.24, 2.45) is 5.92 Å². The van der Waals surface area contributed by atoms with Crippen LogP contribution in [0.2, 0.25) is 0 Å². The number of carboxylic acids is 1. The lowest BCUT2D eigenvalue weighted by atomic mass is 10.2. The number of anilines is 1. The average molecular weight is 323 g/mol. The van der Waals surface area contributed by atoms with Gasteiger partial charge in [0.05, 0.1) is 4.92 Å². The summed E-state index contributed by atoms with van der Waals surface area (Å²) in [5, 5.41) is 22.6. The van der Waals surface area contributed by atoms with Gasteiger partial charge in [0.2, 0.25) is 5.91 Å². The molecule has 0 aliphatic carbocycles. The normalized spacial score (nSPS) is 10.4. The lowest BCUT2D eigenvalue weighted by molar-refractivity contribution is -0.384. The molecule has 8 nitrogen and oxygen atoms in total. The van der Waals surface area contributed by atoms with Crippen LogP contribution in [0.3, 0.4) is 0 Å². The fraction of sp³-hybridized carbons (Fsp3) is 0.467. The molecule has 0 bridgehead atoms. The van der Waals surface area contributed by atoms with Crippen molar-refractivity contribution in [2.45, 2.75) is 20.3 Å². The maximum absolute atomic E-state index is 12.1. The molecule has 0 saturated heterocycles. The van der Waals surface area contributed by atoms with Crippen molar-refractivity contribution >= 4 is 23.3 Å². The van der Waals surface area contributed by atoms with Crippen molar-refractivity contribution in [3.05, 3.63) is 34.4 Å². The molecule has 0 aliphatic heterocycles. The van der Waals surface area contributed by atoms with E-state index in [1.807, 2.05) is 13.8 Å². The first-order valence-electron chi connectivity index (χ1n) is 7.28. The van der Waals surface area contributed by atoms with Gasteiger partial charge >= 0.3 is 5.97 Å². The number of para-hydroxylation sites is 2. The smallest absolute Gasteiger partial charge is 0.323 e. The largest absolute Gasteiger partial charge is 0.480 e. The number of rotatable bonds is 9. The summed E-state index contributed by atoms with van der Waals surface area (Å²) in [6, 6.07) is 6.16. The number of nitro groups is 1. The molecule has 8 heteroatoms. The molecule has 2 N–H and O–H groups in total. The zero-order valence-electron chi connectivity index (χ0n) is 13.2. The van der Waals surface area contributed by atoms with Crippen molar-refractivity contribution in [3.63, 3.8) is 0 Å². The van der Waals surface area contributed by atoms with Gasteiger partial charge in [-0.3, -0.25) is 19.7 Å². The minimum absolute atomic E-state index is 0.0616. The zero-order chi connectivity index (χ0) is 17.4. The number of carboxylic acid groups (broad SMARTS) is 1. The molecule has 0 heterocycles. The predicted octanol–water partition coefficient (Wildman–Crippen LogP) is 1.97. The number of carbonyl (C=O) groups is 2. The van der Waals surface area contributed by atoms with Crippen LogP contribution < -0.4 is 5.32 Å². The Morgan fingerprint density at radius 2 is 2.00 bits per heavy atom. The van der Waals surface area contributed by atoms with Crippen LogP contribution >= 0.6 is 0 Å². The third-order valence-electron chi connectivity index (χ3n) is 3.02. The maximum atomic E-state index is 12.1. The van der Waals surface area contributed by atoms with Crippen molar-refractivity contribution in [3.8, 4) is 0 Å². The molecule has 0 atom stereocenters. The second-order valence-corrected chi connectivity index (χ2v) is 5.51. The number of hydrogen-bond acceptors (Lipinski definition) is 5. The third-order valence-corrected chi connectivity index (χ3v) is 3.02. The van der Waals surface area contributed by atoms with Gasteiger partial charge in [0, 0.05) is 25.6 Å². The lowest BCUT2D eigenvalue weighted by Gasteiger charge is -2.22. The molecule has 126 valence electrons. The topological polar surface area (TPSA) is 113 Å². The minimum Gasteiger partial charge on any atom is -0.480 e. The quantitative estimate of drug-likeness (QED) is 0.530. The standard InChI is InChI=1S/C15H21N3O5/c1-11(2)9-17(10-15(20)21)14(19)7-8-16-12-5-3-4-6-13(12)18(22)23/h3-6,11,16H,7-10H2,1-2H3,(H,20,21). The van der Waals surface area contributed by atoms with Crippen LogP contribution in [0.15, 0.2) is 24.3 Å². The van der Waals surface area contributed by atoms with Gasteiger partial charge in [-0.2, -0.15) is 0 Å². The van der Waals surface area contributed by atoms with Crippen LogP contribution in [-0.4, -0.2) is 46.4 Å². The SMILES string of the molecule is CC(C)CN(CC(=O)O)C(=O)CCNc1ccccc1[N+](=O)[O-]. The first-order chi connectivity index (χ1) is 10.8. The fourth-order valence-corrected chi connectivity index (χ4v) is 2.10. The molecule has 1 aromatic carbocycles. The first kappa shape index (κ1) is 18.4. The van der Waals surface area contributed by atoms with E-state index < -0.39 is 10.9 Å². The molecule has 0 unspecified atom stereocenters. The van der Waals surface area contributed by atoms with E-state index in [2.05, 4.69) is 5.32 Å². The van der Waals surface area contributed by atoms with Gasteiger partial charge in [-0.1, -0.05) is 26.0 Å². The van der Waals surface area contributed by atoms with Crippen LogP contribution in [0.25, 0.3) is 0 Å². The number of aliphatic carboxylic acids is 1. The predicted molar refractivity (Wildman–Crippen MR) is 85.3 cm³/mol. The Balaban J connectivity index is 2.61. The number of nitrogens with one attached hydrogen (secondary N) is 1. The zero-order valence-corrected chi connectivity index (χ0v) is 13.2. The highest BCUT2D eigenvalue weighted by molar-refractivity contribution is 5.81. The van der Waals surface area contributed by atoms with Crippen molar-refractivity contribution in [2.75, 3.05) is 25.0 Å². The summed E-state index contributed by atoms with van der Waals surface area (Å²) in [5.41, 5.74) is 0.267. The van der Waals surface area contributed by atoms with Crippen molar-refractivity contribution in [1.82, 2.24) is 4.90 Å². The van der Waals surface area contributed by atoms with Gasteiger partial charge in [-0.25, -0.2) is 0 Å². The Hall–Kier alpha value is -2.64.